The van der Waals surface area contributed by atoms with E-state index >= 15 is 0 Å². The molecular formula is C12H23NO2. The van der Waals surface area contributed by atoms with Crippen molar-refractivity contribution in [1.82, 2.24) is 5.32 Å². The molecule has 0 spiro atoms. The smallest absolute Gasteiger partial charge is 0.0838 e. The van der Waals surface area contributed by atoms with Crippen LogP contribution in [0.5, 0.6) is 0 Å². The normalized spacial score (nSPS) is 30.6. The average Bonchev–Trinajstić information content (AvgIpc) is 2.72. The van der Waals surface area contributed by atoms with E-state index in [1.54, 1.807) is 0 Å². The van der Waals surface area contributed by atoms with E-state index in [4.69, 9.17) is 9.47 Å². The molecule has 0 aromatic heterocycles. The highest BCUT2D eigenvalue weighted by atomic mass is 16.6. The minimum Gasteiger partial charge on any atom is -0.379 e. The van der Waals surface area contributed by atoms with Crippen LogP contribution in [0, 0.1) is 0 Å². The van der Waals surface area contributed by atoms with Crippen LogP contribution in [0.25, 0.3) is 0 Å². The van der Waals surface area contributed by atoms with Gasteiger partial charge in [-0.1, -0.05) is 19.3 Å². The first-order chi connectivity index (χ1) is 7.35. The Morgan fingerprint density at radius 2 is 2.13 bits per heavy atom. The molecule has 0 radical (unpaired) electrons. The molecule has 1 aliphatic heterocycles. The van der Waals surface area contributed by atoms with Crippen molar-refractivity contribution in [2.75, 3.05) is 26.8 Å². The Balaban J connectivity index is 1.90. The lowest BCUT2D eigenvalue weighted by atomic mass is 9.84. The molecule has 2 rings (SSSR count). The zero-order chi connectivity index (χ0) is 10.6. The zero-order valence-electron chi connectivity index (χ0n) is 9.76. The average molecular weight is 213 g/mol. The molecule has 15 heavy (non-hydrogen) atoms. The maximum absolute atomic E-state index is 6.29. The Hall–Kier alpha value is -0.120. The number of rotatable bonds is 4. The molecule has 0 aromatic carbocycles. The van der Waals surface area contributed by atoms with Crippen molar-refractivity contribution < 1.29 is 9.47 Å². The van der Waals surface area contributed by atoms with E-state index in [0.717, 1.165) is 26.2 Å². The van der Waals surface area contributed by atoms with Gasteiger partial charge in [0.05, 0.1) is 18.3 Å². The lowest BCUT2D eigenvalue weighted by Gasteiger charge is -2.39. The maximum Gasteiger partial charge on any atom is 0.0838 e. The van der Waals surface area contributed by atoms with Gasteiger partial charge in [0, 0.05) is 13.2 Å². The van der Waals surface area contributed by atoms with E-state index < -0.39 is 0 Å². The fourth-order valence-electron chi connectivity index (χ4n) is 2.81. The van der Waals surface area contributed by atoms with Gasteiger partial charge in [-0.2, -0.15) is 0 Å². The summed E-state index contributed by atoms with van der Waals surface area (Å²) in [5.74, 6) is 0. The summed E-state index contributed by atoms with van der Waals surface area (Å²) in [7, 11) is 2.02. The van der Waals surface area contributed by atoms with E-state index in [2.05, 4.69) is 5.32 Å². The standard InChI is InChI=1S/C12H23NO2/c1-13-10-12(6-3-2-4-7-12)15-11-5-8-14-9-11/h11,13H,2-10H2,1H3. The van der Waals surface area contributed by atoms with Gasteiger partial charge in [0.25, 0.3) is 0 Å². The molecule has 2 fully saturated rings. The monoisotopic (exact) mass is 213 g/mol. The number of hydrogen-bond acceptors (Lipinski definition) is 3. The lowest BCUT2D eigenvalue weighted by Crippen LogP contribution is -2.46. The van der Waals surface area contributed by atoms with Gasteiger partial charge in [0.2, 0.25) is 0 Å². The van der Waals surface area contributed by atoms with Crippen LogP contribution < -0.4 is 5.32 Å². The van der Waals surface area contributed by atoms with Crippen LogP contribution in [0.15, 0.2) is 0 Å². The van der Waals surface area contributed by atoms with Crippen LogP contribution in [0.3, 0.4) is 0 Å². The van der Waals surface area contributed by atoms with Gasteiger partial charge in [-0.05, 0) is 26.3 Å². The van der Waals surface area contributed by atoms with E-state index in [-0.39, 0.29) is 5.60 Å². The highest BCUT2D eigenvalue weighted by Gasteiger charge is 2.35. The molecule has 3 nitrogen and oxygen atoms in total. The molecule has 1 aliphatic carbocycles. The first kappa shape index (κ1) is 11.4. The minimum atomic E-state index is 0.103. The number of ether oxygens (including phenoxy) is 2. The zero-order valence-corrected chi connectivity index (χ0v) is 9.76. The summed E-state index contributed by atoms with van der Waals surface area (Å²) < 4.78 is 11.7. The fourth-order valence-corrected chi connectivity index (χ4v) is 2.81. The molecule has 3 heteroatoms. The second-order valence-electron chi connectivity index (χ2n) is 4.88. The number of likely N-dealkylation sites (N-methyl/N-ethyl adjacent to an activating group) is 1. The second kappa shape index (κ2) is 5.28. The van der Waals surface area contributed by atoms with Gasteiger partial charge >= 0.3 is 0 Å². The molecule has 1 unspecified atom stereocenters. The molecule has 1 saturated carbocycles. The minimum absolute atomic E-state index is 0.103. The van der Waals surface area contributed by atoms with E-state index in [1.807, 2.05) is 7.05 Å². The van der Waals surface area contributed by atoms with Crippen LogP contribution >= 0.6 is 0 Å². The summed E-state index contributed by atoms with van der Waals surface area (Å²) in [5.41, 5.74) is 0.103. The molecule has 0 bridgehead atoms. The maximum atomic E-state index is 6.29. The van der Waals surface area contributed by atoms with Crippen LogP contribution in [0.1, 0.15) is 38.5 Å². The van der Waals surface area contributed by atoms with Crippen LogP contribution in [-0.4, -0.2) is 38.5 Å². The van der Waals surface area contributed by atoms with E-state index in [9.17, 15) is 0 Å². The van der Waals surface area contributed by atoms with E-state index in [0.29, 0.717) is 6.10 Å². The summed E-state index contributed by atoms with van der Waals surface area (Å²) in [5, 5.41) is 3.29. The molecule has 2 aliphatic rings. The SMILES string of the molecule is CNCC1(OC2CCOC2)CCCCC1. The summed E-state index contributed by atoms with van der Waals surface area (Å²) in [4.78, 5) is 0. The van der Waals surface area contributed by atoms with Gasteiger partial charge in [-0.3, -0.25) is 0 Å². The first-order valence-corrected chi connectivity index (χ1v) is 6.25. The van der Waals surface area contributed by atoms with Crippen molar-refractivity contribution in [3.63, 3.8) is 0 Å². The van der Waals surface area contributed by atoms with Gasteiger partial charge in [-0.15, -0.1) is 0 Å². The number of nitrogens with one attached hydrogen (secondary N) is 1. The van der Waals surface area contributed by atoms with Gasteiger partial charge in [0.15, 0.2) is 0 Å². The third kappa shape index (κ3) is 2.92. The lowest BCUT2D eigenvalue weighted by molar-refractivity contribution is -0.111. The topological polar surface area (TPSA) is 30.5 Å². The van der Waals surface area contributed by atoms with Gasteiger partial charge < -0.3 is 14.8 Å². The molecule has 0 amide bonds. The van der Waals surface area contributed by atoms with Gasteiger partial charge in [0.1, 0.15) is 0 Å². The van der Waals surface area contributed by atoms with Crippen molar-refractivity contribution in [2.45, 2.75) is 50.2 Å². The Labute approximate surface area is 92.5 Å². The Morgan fingerprint density at radius 1 is 1.33 bits per heavy atom. The summed E-state index contributed by atoms with van der Waals surface area (Å²) in [6.07, 6.45) is 7.84. The molecule has 1 N–H and O–H groups in total. The van der Waals surface area contributed by atoms with Crippen LogP contribution in [0.4, 0.5) is 0 Å². The largest absolute Gasteiger partial charge is 0.379 e. The first-order valence-electron chi connectivity index (χ1n) is 6.25. The highest BCUT2D eigenvalue weighted by Crippen LogP contribution is 2.33. The molecule has 0 aromatic rings. The van der Waals surface area contributed by atoms with Gasteiger partial charge in [-0.25, -0.2) is 0 Å². The molecular weight excluding hydrogens is 190 g/mol. The van der Waals surface area contributed by atoms with Crippen LogP contribution in [0.2, 0.25) is 0 Å². The van der Waals surface area contributed by atoms with E-state index in [1.165, 1.54) is 32.1 Å². The third-order valence-corrected chi connectivity index (χ3v) is 3.57. The Morgan fingerprint density at radius 3 is 2.73 bits per heavy atom. The van der Waals surface area contributed by atoms with Crippen LogP contribution in [-0.2, 0) is 9.47 Å². The molecule has 1 saturated heterocycles. The third-order valence-electron chi connectivity index (χ3n) is 3.57. The quantitative estimate of drug-likeness (QED) is 0.771. The summed E-state index contributed by atoms with van der Waals surface area (Å²) >= 11 is 0. The summed E-state index contributed by atoms with van der Waals surface area (Å²) in [6, 6.07) is 0. The predicted octanol–water partition coefficient (Wildman–Crippen LogP) is 1.71. The van der Waals surface area contributed by atoms with Crippen molar-refractivity contribution in [1.29, 1.82) is 0 Å². The Bertz CT molecular complexity index is 179. The van der Waals surface area contributed by atoms with Crippen molar-refractivity contribution in [3.8, 4) is 0 Å². The Kier molecular flexibility index (Phi) is 4.00. The van der Waals surface area contributed by atoms with Crippen molar-refractivity contribution in [2.24, 2.45) is 0 Å². The predicted molar refractivity (Wildman–Crippen MR) is 60.1 cm³/mol. The molecule has 1 atom stereocenters. The fraction of sp³-hybridized carbons (Fsp3) is 1.00. The van der Waals surface area contributed by atoms with Crippen molar-refractivity contribution >= 4 is 0 Å². The highest BCUT2D eigenvalue weighted by molar-refractivity contribution is 4.88. The summed E-state index contributed by atoms with van der Waals surface area (Å²) in [6.45, 7) is 2.66. The molecule has 88 valence electrons. The molecule has 1 heterocycles. The second-order valence-corrected chi connectivity index (χ2v) is 4.88. The number of hydrogen-bond donors (Lipinski definition) is 1. The van der Waals surface area contributed by atoms with Crippen molar-refractivity contribution in [3.05, 3.63) is 0 Å².